The third kappa shape index (κ3) is 3.97. The Kier molecular flexibility index (Phi) is 6.13. The highest BCUT2D eigenvalue weighted by Crippen LogP contribution is 2.41. The van der Waals surface area contributed by atoms with Crippen molar-refractivity contribution >= 4 is 17.0 Å². The maximum Gasteiger partial charge on any atom is 0.259 e. The van der Waals surface area contributed by atoms with E-state index in [-0.39, 0.29) is 11.9 Å². The number of rotatable bonds is 9. The lowest BCUT2D eigenvalue weighted by Crippen LogP contribution is -2.42. The van der Waals surface area contributed by atoms with Gasteiger partial charge in [-0.2, -0.15) is 0 Å². The van der Waals surface area contributed by atoms with Gasteiger partial charge in [-0.05, 0) is 31.7 Å². The molecule has 0 aliphatic heterocycles. The molecule has 1 saturated carbocycles. The van der Waals surface area contributed by atoms with Gasteiger partial charge in [0.1, 0.15) is 5.69 Å². The van der Waals surface area contributed by atoms with Crippen LogP contribution in [0, 0.1) is 0 Å². The molecule has 0 unspecified atom stereocenters. The predicted molar refractivity (Wildman–Crippen MR) is 116 cm³/mol. The van der Waals surface area contributed by atoms with E-state index in [1.807, 2.05) is 41.3 Å². The summed E-state index contributed by atoms with van der Waals surface area (Å²) < 4.78 is 10.9. The number of aromatic nitrogens is 2. The Labute approximate surface area is 177 Å². The standard InChI is InChI=1S/C24H29N3O3/c1-4-18(5-2)27(13-14-29-3)24(28)19-15-20(16-11-12-16)25-23-21(19)22(26-30-23)17-9-7-6-8-10-17/h6-10,15-16,18H,4-5,11-14H2,1-3H3. The van der Waals surface area contributed by atoms with Gasteiger partial charge >= 0.3 is 0 Å². The van der Waals surface area contributed by atoms with Gasteiger partial charge in [0.15, 0.2) is 0 Å². The molecule has 1 fully saturated rings. The van der Waals surface area contributed by atoms with E-state index >= 15 is 0 Å². The van der Waals surface area contributed by atoms with Gasteiger partial charge in [0.2, 0.25) is 0 Å². The molecule has 2 heterocycles. The van der Waals surface area contributed by atoms with Crippen molar-refractivity contribution in [3.05, 3.63) is 47.7 Å². The zero-order valence-electron chi connectivity index (χ0n) is 17.9. The smallest absolute Gasteiger partial charge is 0.259 e. The minimum atomic E-state index is -0.00423. The van der Waals surface area contributed by atoms with Crippen LogP contribution in [0.1, 0.15) is 61.5 Å². The fraction of sp³-hybridized carbons (Fsp3) is 0.458. The van der Waals surface area contributed by atoms with Gasteiger partial charge in [0.25, 0.3) is 11.6 Å². The molecule has 0 spiro atoms. The van der Waals surface area contributed by atoms with E-state index in [0.717, 1.165) is 36.9 Å². The Morgan fingerprint density at radius 3 is 2.60 bits per heavy atom. The highest BCUT2D eigenvalue weighted by Gasteiger charge is 2.31. The van der Waals surface area contributed by atoms with E-state index in [2.05, 4.69) is 19.0 Å². The molecule has 0 N–H and O–H groups in total. The quantitative estimate of drug-likeness (QED) is 0.497. The van der Waals surface area contributed by atoms with Crippen molar-refractivity contribution in [1.82, 2.24) is 15.0 Å². The molecular weight excluding hydrogens is 378 g/mol. The van der Waals surface area contributed by atoms with Crippen molar-refractivity contribution in [3.8, 4) is 11.3 Å². The fourth-order valence-electron chi connectivity index (χ4n) is 4.04. The summed E-state index contributed by atoms with van der Waals surface area (Å²) in [6.07, 6.45) is 3.99. The van der Waals surface area contributed by atoms with Crippen LogP contribution in [0.2, 0.25) is 0 Å². The first-order valence-electron chi connectivity index (χ1n) is 10.8. The Balaban J connectivity index is 1.86. The Morgan fingerprint density at radius 1 is 1.23 bits per heavy atom. The summed E-state index contributed by atoms with van der Waals surface area (Å²) in [5.41, 5.74) is 3.58. The van der Waals surface area contributed by atoms with Gasteiger partial charge in [0, 0.05) is 36.9 Å². The Hall–Kier alpha value is -2.73. The molecule has 1 aliphatic rings. The number of methoxy groups -OCH3 is 1. The molecule has 0 bridgehead atoms. The summed E-state index contributed by atoms with van der Waals surface area (Å²) in [6.45, 7) is 5.29. The number of hydrogen-bond acceptors (Lipinski definition) is 5. The summed E-state index contributed by atoms with van der Waals surface area (Å²) in [6, 6.07) is 11.9. The van der Waals surface area contributed by atoms with Crippen LogP contribution in [0.4, 0.5) is 0 Å². The second kappa shape index (κ2) is 8.96. The number of carbonyl (C=O) groups is 1. The molecular formula is C24H29N3O3. The lowest BCUT2D eigenvalue weighted by molar-refractivity contribution is 0.0591. The Morgan fingerprint density at radius 2 is 1.97 bits per heavy atom. The van der Waals surface area contributed by atoms with Crippen LogP contribution in [0.15, 0.2) is 40.9 Å². The van der Waals surface area contributed by atoms with Crippen LogP contribution in [0.25, 0.3) is 22.4 Å². The monoisotopic (exact) mass is 407 g/mol. The number of amides is 1. The van der Waals surface area contributed by atoms with Crippen LogP contribution in [0.3, 0.4) is 0 Å². The molecule has 1 amide bonds. The summed E-state index contributed by atoms with van der Waals surface area (Å²) in [5, 5.41) is 5.00. The second-order valence-corrected chi connectivity index (χ2v) is 7.91. The molecule has 30 heavy (non-hydrogen) atoms. The van der Waals surface area contributed by atoms with Crippen molar-refractivity contribution in [3.63, 3.8) is 0 Å². The van der Waals surface area contributed by atoms with Crippen molar-refractivity contribution in [2.75, 3.05) is 20.3 Å². The third-order valence-corrected chi connectivity index (χ3v) is 5.92. The molecule has 6 nitrogen and oxygen atoms in total. The van der Waals surface area contributed by atoms with Crippen molar-refractivity contribution < 1.29 is 14.1 Å². The lowest BCUT2D eigenvalue weighted by atomic mass is 10.0. The molecule has 4 rings (SSSR count). The summed E-state index contributed by atoms with van der Waals surface area (Å²) in [5.74, 6) is 0.405. The topological polar surface area (TPSA) is 68.5 Å². The van der Waals surface area contributed by atoms with Crippen LogP contribution < -0.4 is 0 Å². The van der Waals surface area contributed by atoms with Crippen LogP contribution in [-0.4, -0.2) is 47.3 Å². The molecule has 2 aromatic heterocycles. The number of benzene rings is 1. The van der Waals surface area contributed by atoms with Gasteiger partial charge in [-0.25, -0.2) is 4.98 Å². The van der Waals surface area contributed by atoms with Crippen molar-refractivity contribution in [1.29, 1.82) is 0 Å². The summed E-state index contributed by atoms with van der Waals surface area (Å²) in [4.78, 5) is 20.5. The lowest BCUT2D eigenvalue weighted by Gasteiger charge is -2.30. The maximum atomic E-state index is 13.9. The number of ether oxygens (including phenoxy) is 1. The van der Waals surface area contributed by atoms with E-state index < -0.39 is 0 Å². The molecule has 158 valence electrons. The zero-order valence-corrected chi connectivity index (χ0v) is 17.9. The molecule has 0 radical (unpaired) electrons. The molecule has 3 aromatic rings. The normalized spacial score (nSPS) is 13.9. The van der Waals surface area contributed by atoms with Gasteiger partial charge in [-0.1, -0.05) is 49.3 Å². The number of pyridine rings is 1. The number of nitrogens with zero attached hydrogens (tertiary/aromatic N) is 3. The van der Waals surface area contributed by atoms with E-state index in [9.17, 15) is 4.79 Å². The highest BCUT2D eigenvalue weighted by atomic mass is 16.5. The summed E-state index contributed by atoms with van der Waals surface area (Å²) in [7, 11) is 1.67. The first-order valence-corrected chi connectivity index (χ1v) is 10.8. The maximum absolute atomic E-state index is 13.9. The number of fused-ring (bicyclic) bond motifs is 1. The minimum Gasteiger partial charge on any atom is -0.383 e. The van der Waals surface area contributed by atoms with Crippen molar-refractivity contribution in [2.24, 2.45) is 0 Å². The predicted octanol–water partition coefficient (Wildman–Crippen LogP) is 5.04. The largest absolute Gasteiger partial charge is 0.383 e. The van der Waals surface area contributed by atoms with E-state index in [4.69, 9.17) is 14.2 Å². The van der Waals surface area contributed by atoms with Crippen LogP contribution >= 0.6 is 0 Å². The van der Waals surface area contributed by atoms with Crippen LogP contribution in [0.5, 0.6) is 0 Å². The molecule has 0 saturated heterocycles. The fourth-order valence-corrected chi connectivity index (χ4v) is 4.04. The van der Waals surface area contributed by atoms with Crippen LogP contribution in [-0.2, 0) is 4.74 Å². The molecule has 1 aliphatic carbocycles. The first-order chi connectivity index (χ1) is 14.7. The average Bonchev–Trinajstić information content (AvgIpc) is 3.55. The third-order valence-electron chi connectivity index (χ3n) is 5.92. The Bertz CT molecular complexity index is 1010. The minimum absolute atomic E-state index is 0.00423. The van der Waals surface area contributed by atoms with Crippen molar-refractivity contribution in [2.45, 2.75) is 51.5 Å². The first kappa shape index (κ1) is 20.5. The van der Waals surface area contributed by atoms with Gasteiger partial charge in [-0.3, -0.25) is 4.79 Å². The molecule has 6 heteroatoms. The van der Waals surface area contributed by atoms with E-state index in [1.54, 1.807) is 7.11 Å². The molecule has 1 aromatic carbocycles. The zero-order chi connectivity index (χ0) is 21.1. The second-order valence-electron chi connectivity index (χ2n) is 7.91. The highest BCUT2D eigenvalue weighted by molar-refractivity contribution is 6.09. The summed E-state index contributed by atoms with van der Waals surface area (Å²) >= 11 is 0. The average molecular weight is 408 g/mol. The van der Waals surface area contributed by atoms with E-state index in [1.165, 1.54) is 0 Å². The SMILES string of the molecule is CCC(CC)N(CCOC)C(=O)c1cc(C2CC2)nc2onc(-c3ccccc3)c12. The van der Waals surface area contributed by atoms with Gasteiger partial charge in [0.05, 0.1) is 17.6 Å². The van der Waals surface area contributed by atoms with Gasteiger partial charge in [-0.15, -0.1) is 0 Å². The number of carbonyl (C=O) groups excluding carboxylic acids is 1. The molecule has 0 atom stereocenters. The van der Waals surface area contributed by atoms with E-state index in [0.29, 0.717) is 41.4 Å². The van der Waals surface area contributed by atoms with Gasteiger partial charge < -0.3 is 14.2 Å². The number of hydrogen-bond donors (Lipinski definition) is 0.